The summed E-state index contributed by atoms with van der Waals surface area (Å²) in [5, 5.41) is 10.6. The summed E-state index contributed by atoms with van der Waals surface area (Å²) in [6, 6.07) is 9.31. The van der Waals surface area contributed by atoms with Gasteiger partial charge in [0.15, 0.2) is 5.78 Å². The van der Waals surface area contributed by atoms with Crippen molar-refractivity contribution in [2.75, 3.05) is 50.4 Å². The number of ether oxygens (including phenoxy) is 1. The van der Waals surface area contributed by atoms with Crippen LogP contribution in [0.2, 0.25) is 0 Å². The highest BCUT2D eigenvalue weighted by atomic mass is 32.1. The molecule has 0 saturated carbocycles. The average molecular weight is 499 g/mol. The van der Waals surface area contributed by atoms with Gasteiger partial charge in [-0.3, -0.25) is 9.69 Å². The normalized spacial score (nSPS) is 14.1. The number of carbonyl (C=O) groups excluding carboxylic acids is 2. The number of rotatable bonds is 10. The number of thiophene rings is 2. The molecule has 0 spiro atoms. The van der Waals surface area contributed by atoms with Crippen molar-refractivity contribution in [3.05, 3.63) is 68.5 Å². The first-order valence-corrected chi connectivity index (χ1v) is 13.3. The third-order valence-corrected chi connectivity index (χ3v) is 7.34. The van der Waals surface area contributed by atoms with Crippen LogP contribution in [0.4, 0.5) is 16.2 Å². The van der Waals surface area contributed by atoms with Crippen LogP contribution >= 0.6 is 22.7 Å². The molecule has 3 aromatic rings. The number of ketones is 1. The van der Waals surface area contributed by atoms with Crippen LogP contribution in [0.15, 0.2) is 51.9 Å². The Morgan fingerprint density at radius 2 is 1.85 bits per heavy atom. The second-order valence-corrected chi connectivity index (χ2v) is 9.84. The van der Waals surface area contributed by atoms with Crippen molar-refractivity contribution in [1.82, 2.24) is 9.80 Å². The van der Waals surface area contributed by atoms with Gasteiger partial charge in [0.1, 0.15) is 0 Å². The molecule has 3 N–H and O–H groups in total. The molecule has 1 fully saturated rings. The van der Waals surface area contributed by atoms with Crippen LogP contribution in [0.5, 0.6) is 0 Å². The summed E-state index contributed by atoms with van der Waals surface area (Å²) in [6.45, 7) is 5.47. The maximum Gasteiger partial charge on any atom is 0.322 e. The zero-order valence-electron chi connectivity index (χ0n) is 19.1. The first-order valence-electron chi connectivity index (χ1n) is 11.4. The Labute approximate surface area is 208 Å². The van der Waals surface area contributed by atoms with E-state index in [9.17, 15) is 9.59 Å². The van der Waals surface area contributed by atoms with Crippen LogP contribution in [0.1, 0.15) is 27.9 Å². The van der Waals surface area contributed by atoms with E-state index in [4.69, 9.17) is 10.5 Å². The second kappa shape index (κ2) is 12.1. The predicted molar refractivity (Wildman–Crippen MR) is 139 cm³/mol. The van der Waals surface area contributed by atoms with Crippen LogP contribution in [0.25, 0.3) is 0 Å². The molecule has 1 aromatic carbocycles. The number of nitrogens with two attached hydrogens (primary N) is 1. The molecule has 2 amide bonds. The quantitative estimate of drug-likeness (QED) is 0.400. The van der Waals surface area contributed by atoms with Crippen molar-refractivity contribution in [1.29, 1.82) is 0 Å². The van der Waals surface area contributed by atoms with E-state index >= 15 is 0 Å². The molecule has 1 aliphatic rings. The maximum absolute atomic E-state index is 13.0. The highest BCUT2D eigenvalue weighted by Crippen LogP contribution is 2.20. The highest BCUT2D eigenvalue weighted by Gasteiger charge is 2.17. The van der Waals surface area contributed by atoms with E-state index in [1.165, 1.54) is 11.3 Å². The fourth-order valence-electron chi connectivity index (χ4n) is 3.87. The largest absolute Gasteiger partial charge is 0.398 e. The summed E-state index contributed by atoms with van der Waals surface area (Å²) in [4.78, 5) is 29.8. The molecule has 1 aliphatic heterocycles. The van der Waals surface area contributed by atoms with E-state index in [1.807, 2.05) is 56.8 Å². The van der Waals surface area contributed by atoms with E-state index in [1.54, 1.807) is 11.3 Å². The lowest BCUT2D eigenvalue weighted by atomic mass is 10.0. The van der Waals surface area contributed by atoms with Gasteiger partial charge in [-0.15, -0.1) is 11.3 Å². The number of urea groups is 1. The third-order valence-electron chi connectivity index (χ3n) is 5.84. The molecule has 34 heavy (non-hydrogen) atoms. The standard InChI is InChI=1S/C25H30N4O3S2/c26-23-18-34-16-21(23)14-24(30)20-4-2-19(3-5-20)15-29(25(31)27-22-6-13-33-17-22)8-1-7-28-9-11-32-12-10-28/h2-6,13,16-18H,1,7-12,14-15,26H2,(H,27,31). The van der Waals surface area contributed by atoms with Crippen LogP contribution in [0, 0.1) is 0 Å². The Morgan fingerprint density at radius 3 is 2.53 bits per heavy atom. The minimum atomic E-state index is -0.117. The molecule has 2 aromatic heterocycles. The summed E-state index contributed by atoms with van der Waals surface area (Å²) in [7, 11) is 0. The Balaban J connectivity index is 1.37. The molecular weight excluding hydrogens is 468 g/mol. The van der Waals surface area contributed by atoms with Crippen molar-refractivity contribution in [3.8, 4) is 0 Å². The lowest BCUT2D eigenvalue weighted by Crippen LogP contribution is -2.40. The number of hydrogen-bond acceptors (Lipinski definition) is 7. The first kappa shape index (κ1) is 24.4. The molecule has 0 bridgehead atoms. The number of morpholine rings is 1. The molecule has 0 aliphatic carbocycles. The Kier molecular flexibility index (Phi) is 8.70. The Hall–Kier alpha value is -2.72. The number of amides is 2. The fraction of sp³-hybridized carbons (Fsp3) is 0.360. The van der Waals surface area contributed by atoms with E-state index in [2.05, 4.69) is 10.2 Å². The van der Waals surface area contributed by atoms with Crippen LogP contribution in [-0.4, -0.2) is 61.0 Å². The minimum absolute atomic E-state index is 0.0363. The highest BCUT2D eigenvalue weighted by molar-refractivity contribution is 7.08. The van der Waals surface area contributed by atoms with Crippen molar-refractivity contribution in [3.63, 3.8) is 0 Å². The summed E-state index contributed by atoms with van der Waals surface area (Å²) in [5.74, 6) is 0.0363. The number of carbonyl (C=O) groups is 2. The monoisotopic (exact) mass is 498 g/mol. The summed E-state index contributed by atoms with van der Waals surface area (Å²) in [5.41, 5.74) is 9.89. The van der Waals surface area contributed by atoms with Gasteiger partial charge in [0.2, 0.25) is 0 Å². The summed E-state index contributed by atoms with van der Waals surface area (Å²) >= 11 is 3.05. The number of benzene rings is 1. The molecule has 9 heteroatoms. The lowest BCUT2D eigenvalue weighted by Gasteiger charge is -2.28. The average Bonchev–Trinajstić information content (AvgIpc) is 3.51. The van der Waals surface area contributed by atoms with E-state index in [0.717, 1.165) is 56.1 Å². The van der Waals surface area contributed by atoms with Crippen LogP contribution in [0.3, 0.4) is 0 Å². The van der Waals surface area contributed by atoms with Gasteiger partial charge in [-0.1, -0.05) is 24.3 Å². The molecule has 0 atom stereocenters. The molecule has 3 heterocycles. The van der Waals surface area contributed by atoms with Crippen molar-refractivity contribution in [2.45, 2.75) is 19.4 Å². The molecule has 7 nitrogen and oxygen atoms in total. The smallest absolute Gasteiger partial charge is 0.322 e. The van der Waals surface area contributed by atoms with Gasteiger partial charge in [0, 0.05) is 61.2 Å². The second-order valence-electron chi connectivity index (χ2n) is 8.32. The van der Waals surface area contributed by atoms with Crippen molar-refractivity contribution in [2.24, 2.45) is 0 Å². The SMILES string of the molecule is Nc1cscc1CC(=O)c1ccc(CN(CCCN2CCOCC2)C(=O)Nc2ccsc2)cc1. The minimum Gasteiger partial charge on any atom is -0.398 e. The number of hydrogen-bond donors (Lipinski definition) is 2. The van der Waals surface area contributed by atoms with E-state index in [0.29, 0.717) is 30.8 Å². The number of nitrogen functional groups attached to an aromatic ring is 1. The van der Waals surface area contributed by atoms with E-state index < -0.39 is 0 Å². The topological polar surface area (TPSA) is 87.9 Å². The van der Waals surface area contributed by atoms with Gasteiger partial charge in [0.25, 0.3) is 0 Å². The van der Waals surface area contributed by atoms with Crippen LogP contribution < -0.4 is 11.1 Å². The summed E-state index contributed by atoms with van der Waals surface area (Å²) in [6.07, 6.45) is 1.18. The third kappa shape index (κ3) is 6.89. The molecule has 1 saturated heterocycles. The first-order chi connectivity index (χ1) is 16.6. The number of nitrogens with zero attached hydrogens (tertiary/aromatic N) is 2. The Morgan fingerprint density at radius 1 is 1.06 bits per heavy atom. The van der Waals surface area contributed by atoms with Gasteiger partial charge in [-0.2, -0.15) is 11.3 Å². The van der Waals surface area contributed by atoms with Gasteiger partial charge in [-0.25, -0.2) is 4.79 Å². The summed E-state index contributed by atoms with van der Waals surface area (Å²) < 4.78 is 5.42. The predicted octanol–water partition coefficient (Wildman–Crippen LogP) is 4.57. The molecule has 0 radical (unpaired) electrons. The Bertz CT molecular complexity index is 1060. The van der Waals surface area contributed by atoms with Gasteiger partial charge in [0.05, 0.1) is 18.9 Å². The molecule has 4 rings (SSSR count). The van der Waals surface area contributed by atoms with Crippen LogP contribution in [-0.2, 0) is 17.7 Å². The van der Waals surface area contributed by atoms with Gasteiger partial charge in [-0.05, 0) is 34.4 Å². The van der Waals surface area contributed by atoms with E-state index in [-0.39, 0.29) is 11.8 Å². The van der Waals surface area contributed by atoms with Gasteiger partial charge < -0.3 is 20.7 Å². The number of nitrogens with one attached hydrogen (secondary N) is 1. The molecule has 180 valence electrons. The van der Waals surface area contributed by atoms with Crippen molar-refractivity contribution >= 4 is 45.9 Å². The molecular formula is C25H30N4O3S2. The number of Topliss-reactive ketones (excluding diaryl/α,β-unsaturated/α-hetero) is 1. The zero-order chi connectivity index (χ0) is 23.8. The van der Waals surface area contributed by atoms with Crippen molar-refractivity contribution < 1.29 is 14.3 Å². The lowest BCUT2D eigenvalue weighted by molar-refractivity contribution is 0.0365. The zero-order valence-corrected chi connectivity index (χ0v) is 20.7. The fourth-order valence-corrected chi connectivity index (χ4v) is 5.21. The van der Waals surface area contributed by atoms with Gasteiger partial charge >= 0.3 is 6.03 Å². The molecule has 0 unspecified atom stereocenters. The number of anilines is 2. The maximum atomic E-state index is 13.0.